The first-order chi connectivity index (χ1) is 13.7. The van der Waals surface area contributed by atoms with E-state index in [0.29, 0.717) is 13.2 Å². The lowest BCUT2D eigenvalue weighted by Gasteiger charge is -2.43. The highest BCUT2D eigenvalue weighted by Crippen LogP contribution is 2.36. The molecule has 0 bridgehead atoms. The molecule has 6 heteroatoms. The van der Waals surface area contributed by atoms with Gasteiger partial charge in [-0.1, -0.05) is 66.4 Å². The summed E-state index contributed by atoms with van der Waals surface area (Å²) in [6, 6.07) is 19.6. The van der Waals surface area contributed by atoms with E-state index in [1.165, 1.54) is 11.8 Å². The van der Waals surface area contributed by atoms with Crippen LogP contribution in [0.1, 0.15) is 5.56 Å². The number of hydrogen-bond donors (Lipinski definition) is 2. The fraction of sp³-hybridized carbons (Fsp3) is 0.364. The van der Waals surface area contributed by atoms with Crippen molar-refractivity contribution in [2.45, 2.75) is 41.4 Å². The van der Waals surface area contributed by atoms with Crippen molar-refractivity contribution in [1.82, 2.24) is 0 Å². The highest BCUT2D eigenvalue weighted by molar-refractivity contribution is 7.99. The second kappa shape index (κ2) is 10.8. The summed E-state index contributed by atoms with van der Waals surface area (Å²) in [6.07, 6.45) is -1.26. The van der Waals surface area contributed by atoms with Crippen LogP contribution < -0.4 is 0 Å². The van der Waals surface area contributed by atoms with Gasteiger partial charge in [0.15, 0.2) is 0 Å². The zero-order valence-electron chi connectivity index (χ0n) is 15.6. The summed E-state index contributed by atoms with van der Waals surface area (Å²) in [7, 11) is 0. The lowest BCUT2D eigenvalue weighted by molar-refractivity contribution is -0.232. The molecular weight excluding hydrogens is 376 g/mol. The fourth-order valence-corrected chi connectivity index (χ4v) is 4.23. The van der Waals surface area contributed by atoms with Crippen molar-refractivity contribution >= 4 is 11.8 Å². The van der Waals surface area contributed by atoms with Gasteiger partial charge in [-0.25, -0.2) is 0 Å². The Balaban J connectivity index is 1.80. The number of aliphatic hydroxyl groups is 2. The van der Waals surface area contributed by atoms with E-state index >= 15 is 0 Å². The maximum Gasteiger partial charge on any atom is 0.137 e. The molecule has 2 aromatic rings. The average Bonchev–Trinajstić information content (AvgIpc) is 2.74. The number of ether oxygens (including phenoxy) is 3. The van der Waals surface area contributed by atoms with Crippen LogP contribution in [0, 0.1) is 0 Å². The summed E-state index contributed by atoms with van der Waals surface area (Å²) in [4.78, 5) is 1.01. The van der Waals surface area contributed by atoms with Crippen LogP contribution in [-0.4, -0.2) is 53.3 Å². The van der Waals surface area contributed by atoms with Crippen LogP contribution >= 0.6 is 11.8 Å². The van der Waals surface area contributed by atoms with E-state index in [0.717, 1.165) is 10.5 Å². The van der Waals surface area contributed by atoms with Gasteiger partial charge in [0.1, 0.15) is 29.9 Å². The van der Waals surface area contributed by atoms with Crippen molar-refractivity contribution < 1.29 is 24.4 Å². The first-order valence-corrected chi connectivity index (χ1v) is 10.1. The van der Waals surface area contributed by atoms with Crippen LogP contribution in [0.15, 0.2) is 78.2 Å². The molecule has 2 aromatic carbocycles. The molecule has 5 atom stereocenters. The highest BCUT2D eigenvalue weighted by atomic mass is 32.2. The zero-order chi connectivity index (χ0) is 19.8. The third kappa shape index (κ3) is 5.44. The molecule has 3 rings (SSSR count). The first-order valence-electron chi connectivity index (χ1n) is 9.27. The number of rotatable bonds is 9. The standard InChI is InChI=1S/C22H26O5S/c1-2-13-25-21-20(26-15-16-9-5-3-6-10-16)19(24)18(14-23)27-22(21)28-17-11-7-4-8-12-17/h2-12,18-24H,1,13-15H2/t18-,19-,20+,21-,22+/m1/s1. The molecular formula is C22H26O5S. The third-order valence-corrected chi connectivity index (χ3v) is 5.64. The number of aliphatic hydroxyl groups excluding tert-OH is 2. The van der Waals surface area contributed by atoms with Gasteiger partial charge in [-0.05, 0) is 17.7 Å². The third-order valence-electron chi connectivity index (χ3n) is 4.49. The van der Waals surface area contributed by atoms with Crippen LogP contribution in [0.2, 0.25) is 0 Å². The molecule has 0 unspecified atom stereocenters. The van der Waals surface area contributed by atoms with Gasteiger partial charge in [0, 0.05) is 4.90 Å². The van der Waals surface area contributed by atoms with Crippen molar-refractivity contribution in [3.8, 4) is 0 Å². The molecule has 28 heavy (non-hydrogen) atoms. The van der Waals surface area contributed by atoms with Crippen molar-refractivity contribution in [2.75, 3.05) is 13.2 Å². The largest absolute Gasteiger partial charge is 0.394 e. The monoisotopic (exact) mass is 402 g/mol. The molecule has 0 amide bonds. The minimum Gasteiger partial charge on any atom is -0.394 e. The molecule has 2 N–H and O–H groups in total. The maximum absolute atomic E-state index is 10.7. The molecule has 1 fully saturated rings. The summed E-state index contributed by atoms with van der Waals surface area (Å²) in [5, 5.41) is 20.4. The SMILES string of the molecule is C=CCO[C@@H]1[C@@H](OCc2ccccc2)[C@H](O)[C@@H](CO)O[C@H]1Sc1ccccc1. The van der Waals surface area contributed by atoms with E-state index in [9.17, 15) is 10.2 Å². The lowest BCUT2D eigenvalue weighted by atomic mass is 9.99. The lowest BCUT2D eigenvalue weighted by Crippen LogP contribution is -2.59. The van der Waals surface area contributed by atoms with Crippen LogP contribution in [0.5, 0.6) is 0 Å². The Morgan fingerprint density at radius 3 is 2.32 bits per heavy atom. The minimum absolute atomic E-state index is 0.299. The van der Waals surface area contributed by atoms with Crippen molar-refractivity contribution in [3.05, 3.63) is 78.9 Å². The van der Waals surface area contributed by atoms with Gasteiger partial charge in [-0.15, -0.1) is 6.58 Å². The van der Waals surface area contributed by atoms with Crippen molar-refractivity contribution in [1.29, 1.82) is 0 Å². The van der Waals surface area contributed by atoms with E-state index in [4.69, 9.17) is 14.2 Å². The normalized spacial score (nSPS) is 27.4. The Labute approximate surface area is 169 Å². The Morgan fingerprint density at radius 1 is 1.00 bits per heavy atom. The smallest absolute Gasteiger partial charge is 0.137 e. The van der Waals surface area contributed by atoms with Crippen LogP contribution in [0.25, 0.3) is 0 Å². The topological polar surface area (TPSA) is 68.2 Å². The Kier molecular flexibility index (Phi) is 8.09. The van der Waals surface area contributed by atoms with Gasteiger partial charge in [0.25, 0.3) is 0 Å². The first kappa shape index (κ1) is 21.0. The van der Waals surface area contributed by atoms with E-state index in [-0.39, 0.29) is 6.61 Å². The number of hydrogen-bond acceptors (Lipinski definition) is 6. The molecule has 0 radical (unpaired) electrons. The van der Waals surface area contributed by atoms with Gasteiger partial charge in [0.05, 0.1) is 19.8 Å². The fourth-order valence-electron chi connectivity index (χ4n) is 3.08. The van der Waals surface area contributed by atoms with Crippen LogP contribution in [0.4, 0.5) is 0 Å². The van der Waals surface area contributed by atoms with Crippen LogP contribution in [0.3, 0.4) is 0 Å². The molecule has 1 heterocycles. The van der Waals surface area contributed by atoms with Gasteiger partial charge in [-0.2, -0.15) is 0 Å². The van der Waals surface area contributed by atoms with E-state index < -0.39 is 29.9 Å². The molecule has 1 saturated heterocycles. The highest BCUT2D eigenvalue weighted by Gasteiger charge is 2.46. The maximum atomic E-state index is 10.7. The van der Waals surface area contributed by atoms with Crippen LogP contribution in [-0.2, 0) is 20.8 Å². The zero-order valence-corrected chi connectivity index (χ0v) is 16.4. The molecule has 1 aliphatic heterocycles. The molecule has 0 aliphatic carbocycles. The summed E-state index contributed by atoms with van der Waals surface area (Å²) in [5.74, 6) is 0. The summed E-state index contributed by atoms with van der Waals surface area (Å²) >= 11 is 1.49. The molecule has 0 spiro atoms. The Hall–Kier alpha value is -1.67. The molecule has 0 saturated carbocycles. The van der Waals surface area contributed by atoms with Gasteiger partial charge in [0.2, 0.25) is 0 Å². The molecule has 5 nitrogen and oxygen atoms in total. The summed E-state index contributed by atoms with van der Waals surface area (Å²) in [6.45, 7) is 4.05. The van der Waals surface area contributed by atoms with E-state index in [2.05, 4.69) is 6.58 Å². The Morgan fingerprint density at radius 2 is 1.68 bits per heavy atom. The summed E-state index contributed by atoms with van der Waals surface area (Å²) < 4.78 is 18.0. The number of benzene rings is 2. The number of thioether (sulfide) groups is 1. The predicted octanol–water partition coefficient (Wildman–Crippen LogP) is 3.01. The van der Waals surface area contributed by atoms with Gasteiger partial charge < -0.3 is 24.4 Å². The minimum atomic E-state index is -1.00. The predicted molar refractivity (Wildman–Crippen MR) is 109 cm³/mol. The summed E-state index contributed by atoms with van der Waals surface area (Å²) in [5.41, 5.74) is 0.556. The molecule has 1 aliphatic rings. The quantitative estimate of drug-likeness (QED) is 0.629. The van der Waals surface area contributed by atoms with Gasteiger partial charge >= 0.3 is 0 Å². The second-order valence-electron chi connectivity index (χ2n) is 6.49. The molecule has 0 aromatic heterocycles. The van der Waals surface area contributed by atoms with E-state index in [1.54, 1.807) is 6.08 Å². The Bertz CT molecular complexity index is 711. The van der Waals surface area contributed by atoms with Gasteiger partial charge in [-0.3, -0.25) is 0 Å². The second-order valence-corrected chi connectivity index (χ2v) is 7.67. The van der Waals surface area contributed by atoms with Crippen molar-refractivity contribution in [3.63, 3.8) is 0 Å². The van der Waals surface area contributed by atoms with E-state index in [1.807, 2.05) is 60.7 Å². The molecule has 150 valence electrons. The van der Waals surface area contributed by atoms with Crippen molar-refractivity contribution in [2.24, 2.45) is 0 Å². The average molecular weight is 403 g/mol.